The number of carbonyl (C=O) groups is 1. The van der Waals surface area contributed by atoms with Crippen LogP contribution in [0.4, 0.5) is 4.39 Å². The van der Waals surface area contributed by atoms with Crippen molar-refractivity contribution in [3.8, 4) is 0 Å². The summed E-state index contributed by atoms with van der Waals surface area (Å²) in [5, 5.41) is 11.9. The Labute approximate surface area is 135 Å². The largest absolute Gasteiger partial charge is 0.392 e. The van der Waals surface area contributed by atoms with Crippen LogP contribution in [0.25, 0.3) is 0 Å². The molecule has 0 aliphatic heterocycles. The highest BCUT2D eigenvalue weighted by Gasteiger charge is 2.22. The maximum atomic E-state index is 13.4. The summed E-state index contributed by atoms with van der Waals surface area (Å²) in [5.74, 6) is -0.548. The quantitative estimate of drug-likeness (QED) is 0.859. The minimum Gasteiger partial charge on any atom is -0.392 e. The zero-order valence-corrected chi connectivity index (χ0v) is 13.3. The molecule has 2 aromatic carbocycles. The van der Waals surface area contributed by atoms with Gasteiger partial charge >= 0.3 is 0 Å². The molecule has 0 unspecified atom stereocenters. The third kappa shape index (κ3) is 4.61. The first-order valence-electron chi connectivity index (χ1n) is 7.39. The predicted octanol–water partition coefficient (Wildman–Crippen LogP) is 2.24. The van der Waals surface area contributed by atoms with E-state index in [1.54, 1.807) is 31.1 Å². The molecular weight excluding hydrogens is 295 g/mol. The van der Waals surface area contributed by atoms with E-state index in [9.17, 15) is 9.18 Å². The van der Waals surface area contributed by atoms with Crippen LogP contribution in [0, 0.1) is 5.82 Å². The average Bonchev–Trinajstić information content (AvgIpc) is 2.53. The summed E-state index contributed by atoms with van der Waals surface area (Å²) in [4.78, 5) is 14.2. The topological polar surface area (TPSA) is 52.6 Å². The van der Waals surface area contributed by atoms with Gasteiger partial charge in [0.05, 0.1) is 6.61 Å². The standard InChI is InChI=1S/C18H21FN2O2/c1-21(2)17(15-4-3-5-16(19)10-15)18(23)20-11-13-6-8-14(12-22)9-7-13/h3-10,17,22H,11-12H2,1-2H3,(H,20,23)/t17-/m0/s1. The number of likely N-dealkylation sites (N-methyl/N-ethyl adjacent to an activating group) is 1. The molecule has 0 aliphatic carbocycles. The highest BCUT2D eigenvalue weighted by molar-refractivity contribution is 5.83. The Morgan fingerprint density at radius 1 is 1.17 bits per heavy atom. The van der Waals surface area contributed by atoms with E-state index in [0.717, 1.165) is 11.1 Å². The van der Waals surface area contributed by atoms with Gasteiger partial charge in [0, 0.05) is 6.54 Å². The number of halogens is 1. The van der Waals surface area contributed by atoms with E-state index < -0.39 is 6.04 Å². The first kappa shape index (κ1) is 17.1. The lowest BCUT2D eigenvalue weighted by Gasteiger charge is -2.24. The smallest absolute Gasteiger partial charge is 0.242 e. The fraction of sp³-hybridized carbons (Fsp3) is 0.278. The third-order valence-corrected chi connectivity index (χ3v) is 3.60. The molecule has 0 fully saturated rings. The summed E-state index contributed by atoms with van der Waals surface area (Å²) in [7, 11) is 3.57. The molecule has 2 rings (SSSR count). The molecule has 0 heterocycles. The number of aliphatic hydroxyl groups excluding tert-OH is 1. The highest BCUT2D eigenvalue weighted by atomic mass is 19.1. The lowest BCUT2D eigenvalue weighted by atomic mass is 10.0. The van der Waals surface area contributed by atoms with E-state index in [0.29, 0.717) is 12.1 Å². The summed E-state index contributed by atoms with van der Waals surface area (Å²) in [5.41, 5.74) is 2.38. The number of rotatable bonds is 6. The Balaban J connectivity index is 2.06. The van der Waals surface area contributed by atoms with Crippen LogP contribution in [0.3, 0.4) is 0 Å². The van der Waals surface area contributed by atoms with Gasteiger partial charge < -0.3 is 10.4 Å². The molecule has 0 aromatic heterocycles. The summed E-state index contributed by atoms with van der Waals surface area (Å²) < 4.78 is 13.4. The second-order valence-electron chi connectivity index (χ2n) is 5.61. The lowest BCUT2D eigenvalue weighted by Crippen LogP contribution is -2.36. The SMILES string of the molecule is CN(C)[C@H](C(=O)NCc1ccc(CO)cc1)c1cccc(F)c1. The van der Waals surface area contributed by atoms with E-state index in [4.69, 9.17) is 5.11 Å². The van der Waals surface area contributed by atoms with Gasteiger partial charge in [-0.25, -0.2) is 4.39 Å². The van der Waals surface area contributed by atoms with Crippen LogP contribution in [0.15, 0.2) is 48.5 Å². The summed E-state index contributed by atoms with van der Waals surface area (Å²) in [6.45, 7) is 0.374. The van der Waals surface area contributed by atoms with Gasteiger partial charge in [0.1, 0.15) is 11.9 Å². The van der Waals surface area contributed by atoms with Crippen molar-refractivity contribution < 1.29 is 14.3 Å². The van der Waals surface area contributed by atoms with Crippen molar-refractivity contribution in [3.63, 3.8) is 0 Å². The van der Waals surface area contributed by atoms with Gasteiger partial charge in [-0.2, -0.15) is 0 Å². The van der Waals surface area contributed by atoms with Crippen LogP contribution < -0.4 is 5.32 Å². The van der Waals surface area contributed by atoms with Crippen LogP contribution in [0.2, 0.25) is 0 Å². The molecule has 122 valence electrons. The first-order valence-corrected chi connectivity index (χ1v) is 7.39. The van der Waals surface area contributed by atoms with Gasteiger partial charge in [-0.1, -0.05) is 36.4 Å². The molecule has 2 N–H and O–H groups in total. The molecule has 0 saturated heterocycles. The fourth-order valence-corrected chi connectivity index (χ4v) is 2.41. The molecule has 1 amide bonds. The number of aliphatic hydroxyl groups is 1. The van der Waals surface area contributed by atoms with E-state index in [1.165, 1.54) is 12.1 Å². The Morgan fingerprint density at radius 3 is 2.39 bits per heavy atom. The number of nitrogens with zero attached hydrogens (tertiary/aromatic N) is 1. The second kappa shape index (κ2) is 7.85. The molecule has 0 saturated carbocycles. The van der Waals surface area contributed by atoms with E-state index in [2.05, 4.69) is 5.32 Å². The van der Waals surface area contributed by atoms with Gasteiger partial charge in [-0.3, -0.25) is 9.69 Å². The van der Waals surface area contributed by atoms with E-state index >= 15 is 0 Å². The average molecular weight is 316 g/mol. The van der Waals surface area contributed by atoms with Crippen molar-refractivity contribution in [2.24, 2.45) is 0 Å². The summed E-state index contributed by atoms with van der Waals surface area (Å²) >= 11 is 0. The van der Waals surface area contributed by atoms with Crippen molar-refractivity contribution in [2.45, 2.75) is 19.2 Å². The molecular formula is C18H21FN2O2. The third-order valence-electron chi connectivity index (χ3n) is 3.60. The van der Waals surface area contributed by atoms with Gasteiger partial charge in [-0.05, 0) is 42.9 Å². The molecule has 0 spiro atoms. The molecule has 23 heavy (non-hydrogen) atoms. The first-order chi connectivity index (χ1) is 11.0. The van der Waals surface area contributed by atoms with Gasteiger partial charge in [0.25, 0.3) is 0 Å². The van der Waals surface area contributed by atoms with Crippen molar-refractivity contribution in [1.29, 1.82) is 0 Å². The molecule has 5 heteroatoms. The van der Waals surface area contributed by atoms with Crippen molar-refractivity contribution >= 4 is 5.91 Å². The number of carbonyl (C=O) groups excluding carboxylic acids is 1. The predicted molar refractivity (Wildman–Crippen MR) is 87.0 cm³/mol. The summed E-state index contributed by atoms with van der Waals surface area (Å²) in [6.07, 6.45) is 0. The lowest BCUT2D eigenvalue weighted by molar-refractivity contribution is -0.125. The Morgan fingerprint density at radius 2 is 1.83 bits per heavy atom. The molecule has 0 radical (unpaired) electrons. The van der Waals surface area contributed by atoms with Gasteiger partial charge in [-0.15, -0.1) is 0 Å². The maximum absolute atomic E-state index is 13.4. The van der Waals surface area contributed by atoms with Crippen LogP contribution in [-0.2, 0) is 17.9 Å². The highest BCUT2D eigenvalue weighted by Crippen LogP contribution is 2.19. The summed E-state index contributed by atoms with van der Waals surface area (Å²) in [6, 6.07) is 12.9. The van der Waals surface area contributed by atoms with Crippen LogP contribution in [0.1, 0.15) is 22.7 Å². The number of hydrogen-bond donors (Lipinski definition) is 2. The van der Waals surface area contributed by atoms with Crippen LogP contribution >= 0.6 is 0 Å². The Hall–Kier alpha value is -2.24. The van der Waals surface area contributed by atoms with E-state index in [-0.39, 0.29) is 18.3 Å². The molecule has 4 nitrogen and oxygen atoms in total. The minimum absolute atomic E-state index is 0.00505. The van der Waals surface area contributed by atoms with Gasteiger partial charge in [0.2, 0.25) is 5.91 Å². The fourth-order valence-electron chi connectivity index (χ4n) is 2.41. The number of nitrogens with one attached hydrogen (secondary N) is 1. The second-order valence-corrected chi connectivity index (χ2v) is 5.61. The van der Waals surface area contributed by atoms with Crippen molar-refractivity contribution in [1.82, 2.24) is 10.2 Å². The van der Waals surface area contributed by atoms with E-state index in [1.807, 2.05) is 24.3 Å². The number of hydrogen-bond acceptors (Lipinski definition) is 3. The molecule has 0 aliphatic rings. The normalized spacial score (nSPS) is 12.2. The molecule has 0 bridgehead atoms. The number of amides is 1. The van der Waals surface area contributed by atoms with Crippen molar-refractivity contribution in [3.05, 3.63) is 71.0 Å². The van der Waals surface area contributed by atoms with Crippen LogP contribution in [-0.4, -0.2) is 30.0 Å². The molecule has 1 atom stereocenters. The maximum Gasteiger partial charge on any atom is 0.242 e. The Kier molecular flexibility index (Phi) is 5.84. The minimum atomic E-state index is -0.553. The van der Waals surface area contributed by atoms with Crippen LogP contribution in [0.5, 0.6) is 0 Å². The Bertz CT molecular complexity index is 656. The number of benzene rings is 2. The van der Waals surface area contributed by atoms with Crippen molar-refractivity contribution in [2.75, 3.05) is 14.1 Å². The van der Waals surface area contributed by atoms with Gasteiger partial charge in [0.15, 0.2) is 0 Å². The molecule has 2 aromatic rings. The monoisotopic (exact) mass is 316 g/mol. The zero-order chi connectivity index (χ0) is 16.8. The zero-order valence-electron chi connectivity index (χ0n) is 13.3.